The molecule has 6 nitrogen and oxygen atoms in total. The quantitative estimate of drug-likeness (QED) is 0.686. The molecule has 0 saturated heterocycles. The summed E-state index contributed by atoms with van der Waals surface area (Å²) in [5.41, 5.74) is 5.12. The van der Waals surface area contributed by atoms with E-state index in [0.29, 0.717) is 12.8 Å². The number of sulfonamides is 1. The van der Waals surface area contributed by atoms with Gasteiger partial charge in [0.2, 0.25) is 10.0 Å². The Morgan fingerprint density at radius 1 is 1.42 bits per heavy atom. The molecule has 0 aliphatic heterocycles. The van der Waals surface area contributed by atoms with E-state index in [4.69, 9.17) is 5.73 Å². The van der Waals surface area contributed by atoms with Crippen LogP contribution in [-0.2, 0) is 10.0 Å². The zero-order chi connectivity index (χ0) is 14.5. The average molecular weight is 287 g/mol. The molecule has 0 atom stereocenters. The van der Waals surface area contributed by atoms with Crippen molar-refractivity contribution in [2.24, 2.45) is 5.41 Å². The van der Waals surface area contributed by atoms with Crippen molar-refractivity contribution in [1.29, 1.82) is 0 Å². The van der Waals surface area contributed by atoms with Crippen LogP contribution in [-0.4, -0.2) is 31.7 Å². The molecule has 19 heavy (non-hydrogen) atoms. The Bertz CT molecular complexity index is 504. The highest BCUT2D eigenvalue weighted by molar-refractivity contribution is 7.89. The maximum absolute atomic E-state index is 12.1. The van der Waals surface area contributed by atoms with Crippen LogP contribution in [0.25, 0.3) is 0 Å². The molecule has 0 unspecified atom stereocenters. The van der Waals surface area contributed by atoms with Crippen molar-refractivity contribution in [3.8, 4) is 0 Å². The first kappa shape index (κ1) is 15.9. The third kappa shape index (κ3) is 3.65. The van der Waals surface area contributed by atoms with Crippen molar-refractivity contribution < 1.29 is 13.5 Å². The predicted octanol–water partition coefficient (Wildman–Crippen LogP) is 0.741. The van der Waals surface area contributed by atoms with Gasteiger partial charge in [0, 0.05) is 24.8 Å². The summed E-state index contributed by atoms with van der Waals surface area (Å²) >= 11 is 0. The Hall–Kier alpha value is -1.18. The molecule has 1 aromatic heterocycles. The molecule has 1 rings (SSSR count). The highest BCUT2D eigenvalue weighted by atomic mass is 32.2. The maximum Gasteiger partial charge on any atom is 0.244 e. The Balaban J connectivity index is 2.90. The van der Waals surface area contributed by atoms with Crippen LogP contribution >= 0.6 is 0 Å². The second-order valence-electron chi connectivity index (χ2n) is 4.58. The molecule has 7 heteroatoms. The lowest BCUT2D eigenvalue weighted by atomic mass is 9.84. The number of nitrogens with one attached hydrogen (secondary N) is 1. The fourth-order valence-electron chi connectivity index (χ4n) is 1.74. The first-order valence-electron chi connectivity index (χ1n) is 6.22. The minimum Gasteiger partial charge on any atom is -0.396 e. The molecule has 0 radical (unpaired) electrons. The SMILES string of the molecule is CCC(CC)(CO)CNS(=O)(=O)c1cccnc1N. The monoisotopic (exact) mass is 287 g/mol. The summed E-state index contributed by atoms with van der Waals surface area (Å²) in [4.78, 5) is 3.73. The number of nitrogens with zero attached hydrogens (tertiary/aromatic N) is 1. The Labute approximate surface area is 114 Å². The highest BCUT2D eigenvalue weighted by Gasteiger charge is 2.28. The van der Waals surface area contributed by atoms with Crippen molar-refractivity contribution in [2.45, 2.75) is 31.6 Å². The second kappa shape index (κ2) is 6.31. The van der Waals surface area contributed by atoms with Gasteiger partial charge in [0.1, 0.15) is 10.7 Å². The minimum atomic E-state index is -3.70. The van der Waals surface area contributed by atoms with Crippen LogP contribution in [0.3, 0.4) is 0 Å². The number of aliphatic hydroxyl groups excluding tert-OH is 1. The largest absolute Gasteiger partial charge is 0.396 e. The third-order valence-electron chi connectivity index (χ3n) is 3.56. The van der Waals surface area contributed by atoms with E-state index in [1.807, 2.05) is 13.8 Å². The first-order valence-corrected chi connectivity index (χ1v) is 7.70. The van der Waals surface area contributed by atoms with Gasteiger partial charge in [-0.15, -0.1) is 0 Å². The number of hydrogen-bond donors (Lipinski definition) is 3. The molecule has 4 N–H and O–H groups in total. The van der Waals surface area contributed by atoms with E-state index < -0.39 is 15.4 Å². The molecule has 0 spiro atoms. The normalized spacial score (nSPS) is 12.6. The van der Waals surface area contributed by atoms with Gasteiger partial charge in [-0.1, -0.05) is 13.8 Å². The van der Waals surface area contributed by atoms with Crippen molar-refractivity contribution >= 4 is 15.8 Å². The average Bonchev–Trinajstić information content (AvgIpc) is 2.41. The summed E-state index contributed by atoms with van der Waals surface area (Å²) in [6, 6.07) is 2.92. The molecule has 0 aromatic carbocycles. The Morgan fingerprint density at radius 2 is 2.05 bits per heavy atom. The van der Waals surface area contributed by atoms with E-state index in [9.17, 15) is 13.5 Å². The number of aliphatic hydroxyl groups is 1. The van der Waals surface area contributed by atoms with Crippen molar-refractivity contribution in [2.75, 3.05) is 18.9 Å². The molecule has 0 fully saturated rings. The fraction of sp³-hybridized carbons (Fsp3) is 0.583. The maximum atomic E-state index is 12.1. The topological polar surface area (TPSA) is 105 Å². The van der Waals surface area contributed by atoms with Crippen LogP contribution in [0.1, 0.15) is 26.7 Å². The number of rotatable bonds is 7. The summed E-state index contributed by atoms with van der Waals surface area (Å²) in [7, 11) is -3.70. The van der Waals surface area contributed by atoms with Crippen LogP contribution in [0.4, 0.5) is 5.82 Å². The number of nitrogens with two attached hydrogens (primary N) is 1. The van der Waals surface area contributed by atoms with Crippen molar-refractivity contribution in [3.05, 3.63) is 18.3 Å². The highest BCUT2D eigenvalue weighted by Crippen LogP contribution is 2.25. The van der Waals surface area contributed by atoms with Crippen LogP contribution < -0.4 is 10.5 Å². The van der Waals surface area contributed by atoms with Gasteiger partial charge in [0.15, 0.2) is 0 Å². The zero-order valence-electron chi connectivity index (χ0n) is 11.3. The minimum absolute atomic E-state index is 0.0300. The van der Waals surface area contributed by atoms with Crippen LogP contribution in [0.5, 0.6) is 0 Å². The zero-order valence-corrected chi connectivity index (χ0v) is 12.1. The number of aromatic nitrogens is 1. The predicted molar refractivity (Wildman–Crippen MR) is 73.9 cm³/mol. The number of pyridine rings is 1. The van der Waals surface area contributed by atoms with E-state index in [1.54, 1.807) is 0 Å². The molecule has 0 amide bonds. The molecule has 1 aromatic rings. The van der Waals surface area contributed by atoms with E-state index in [1.165, 1.54) is 18.3 Å². The van der Waals surface area contributed by atoms with Gasteiger partial charge in [0.25, 0.3) is 0 Å². The molecule has 1 heterocycles. The molecular weight excluding hydrogens is 266 g/mol. The van der Waals surface area contributed by atoms with Crippen LogP contribution in [0.15, 0.2) is 23.2 Å². The smallest absolute Gasteiger partial charge is 0.244 e. The first-order chi connectivity index (χ1) is 8.90. The molecule has 0 saturated carbocycles. The lowest BCUT2D eigenvalue weighted by molar-refractivity contribution is 0.119. The second-order valence-corrected chi connectivity index (χ2v) is 6.31. The van der Waals surface area contributed by atoms with E-state index in [-0.39, 0.29) is 23.9 Å². The lowest BCUT2D eigenvalue weighted by Crippen LogP contribution is -2.39. The number of hydrogen-bond acceptors (Lipinski definition) is 5. The molecular formula is C12H21N3O3S. The van der Waals surface area contributed by atoms with E-state index in [0.717, 1.165) is 0 Å². The van der Waals surface area contributed by atoms with Crippen LogP contribution in [0, 0.1) is 5.41 Å². The van der Waals surface area contributed by atoms with Gasteiger partial charge < -0.3 is 10.8 Å². The standard InChI is InChI=1S/C12H21N3O3S/c1-3-12(4-2,9-16)8-15-19(17,18)10-6-5-7-14-11(10)13/h5-7,15-16H,3-4,8-9H2,1-2H3,(H2,13,14). The third-order valence-corrected chi connectivity index (χ3v) is 5.01. The summed E-state index contributed by atoms with van der Waals surface area (Å²) in [6.07, 6.45) is 2.81. The summed E-state index contributed by atoms with van der Waals surface area (Å²) in [5, 5.41) is 9.43. The van der Waals surface area contributed by atoms with Gasteiger partial charge >= 0.3 is 0 Å². The van der Waals surface area contributed by atoms with Crippen molar-refractivity contribution in [3.63, 3.8) is 0 Å². The van der Waals surface area contributed by atoms with Gasteiger partial charge in [-0.2, -0.15) is 0 Å². The summed E-state index contributed by atoms with van der Waals surface area (Å²) < 4.78 is 26.8. The number of nitrogen functional groups attached to an aromatic ring is 1. The molecule has 0 aliphatic rings. The lowest BCUT2D eigenvalue weighted by Gasteiger charge is -2.29. The van der Waals surface area contributed by atoms with E-state index >= 15 is 0 Å². The Kier molecular flexibility index (Phi) is 5.28. The van der Waals surface area contributed by atoms with Gasteiger partial charge in [0.05, 0.1) is 0 Å². The Morgan fingerprint density at radius 3 is 2.53 bits per heavy atom. The van der Waals surface area contributed by atoms with Crippen molar-refractivity contribution in [1.82, 2.24) is 9.71 Å². The van der Waals surface area contributed by atoms with E-state index in [2.05, 4.69) is 9.71 Å². The van der Waals surface area contributed by atoms with Crippen LogP contribution in [0.2, 0.25) is 0 Å². The number of anilines is 1. The van der Waals surface area contributed by atoms with Gasteiger partial charge in [-0.05, 0) is 25.0 Å². The summed E-state index contributed by atoms with van der Waals surface area (Å²) in [5.74, 6) is -0.0300. The van der Waals surface area contributed by atoms with Gasteiger partial charge in [-0.25, -0.2) is 18.1 Å². The molecule has 108 valence electrons. The fourth-order valence-corrected chi connectivity index (χ4v) is 2.97. The summed E-state index contributed by atoms with van der Waals surface area (Å²) in [6.45, 7) is 3.96. The molecule has 0 aliphatic carbocycles. The van der Waals surface area contributed by atoms with Gasteiger partial charge in [-0.3, -0.25) is 0 Å². The molecule has 0 bridgehead atoms.